The molecule has 6 nitrogen and oxygen atoms in total. The van der Waals surface area contributed by atoms with Crippen molar-refractivity contribution in [1.82, 2.24) is 0 Å². The van der Waals surface area contributed by atoms with Gasteiger partial charge in [-0.05, 0) is 97.9 Å². The van der Waals surface area contributed by atoms with Crippen LogP contribution in [0.4, 0.5) is 0 Å². The average molecular weight is 517 g/mol. The first-order chi connectivity index (χ1) is 17.3. The van der Waals surface area contributed by atoms with Crippen molar-refractivity contribution in [2.24, 2.45) is 46.3 Å². The van der Waals surface area contributed by atoms with Crippen molar-refractivity contribution in [3.8, 4) is 0 Å². The predicted octanol–water partition coefficient (Wildman–Crippen LogP) is 5.65. The summed E-state index contributed by atoms with van der Waals surface area (Å²) in [5.74, 6) is 0.948. The monoisotopic (exact) mass is 516 g/mol. The van der Waals surface area contributed by atoms with Crippen LogP contribution in [0.3, 0.4) is 0 Å². The molecule has 3 fully saturated rings. The van der Waals surface area contributed by atoms with Crippen LogP contribution in [0, 0.1) is 46.3 Å². The molecule has 208 valence electrons. The van der Waals surface area contributed by atoms with Crippen LogP contribution in [-0.4, -0.2) is 41.1 Å². The fourth-order valence-electron chi connectivity index (χ4n) is 8.97. The number of carbonyl (C=O) groups is 3. The molecule has 4 aliphatic rings. The second kappa shape index (κ2) is 10.5. The Labute approximate surface area is 222 Å². The third-order valence-corrected chi connectivity index (χ3v) is 10.9. The number of carbonyl (C=O) groups excluding carboxylic acids is 3. The Morgan fingerprint density at radius 2 is 1.57 bits per heavy atom. The Balaban J connectivity index is 1.60. The molecule has 0 heterocycles. The summed E-state index contributed by atoms with van der Waals surface area (Å²) in [6.45, 7) is 14.0. The number of fused-ring (bicyclic) bond motifs is 5. The zero-order valence-electron chi connectivity index (χ0n) is 23.9. The van der Waals surface area contributed by atoms with E-state index >= 15 is 0 Å². The molecule has 0 aromatic carbocycles. The minimum absolute atomic E-state index is 0.0776. The predicted molar refractivity (Wildman–Crippen MR) is 141 cm³/mol. The maximum Gasteiger partial charge on any atom is 0.303 e. The molecule has 37 heavy (non-hydrogen) atoms. The summed E-state index contributed by atoms with van der Waals surface area (Å²) in [5, 5.41) is 11.0. The summed E-state index contributed by atoms with van der Waals surface area (Å²) in [6.07, 6.45) is 7.57. The summed E-state index contributed by atoms with van der Waals surface area (Å²) in [4.78, 5) is 37.4. The number of esters is 2. The molecule has 6 heteroatoms. The van der Waals surface area contributed by atoms with E-state index in [1.807, 2.05) is 6.08 Å². The van der Waals surface area contributed by atoms with Crippen LogP contribution in [0.2, 0.25) is 0 Å². The molecule has 10 atom stereocenters. The van der Waals surface area contributed by atoms with Gasteiger partial charge in [0.15, 0.2) is 5.78 Å². The maximum atomic E-state index is 13.6. The Kier molecular flexibility index (Phi) is 8.01. The van der Waals surface area contributed by atoms with Gasteiger partial charge in [-0.2, -0.15) is 0 Å². The van der Waals surface area contributed by atoms with E-state index in [0.29, 0.717) is 30.6 Å². The molecule has 0 spiro atoms. The molecule has 0 saturated heterocycles. The smallest absolute Gasteiger partial charge is 0.303 e. The molecule has 0 radical (unpaired) electrons. The number of allylic oxidation sites excluding steroid dienone is 2. The lowest BCUT2D eigenvalue weighted by atomic mass is 9.47. The third-order valence-electron chi connectivity index (χ3n) is 10.9. The van der Waals surface area contributed by atoms with E-state index in [0.717, 1.165) is 38.5 Å². The number of rotatable bonds is 7. The minimum atomic E-state index is -0.587. The highest BCUT2D eigenvalue weighted by atomic mass is 16.6. The minimum Gasteiger partial charge on any atom is -0.459 e. The Bertz CT molecular complexity index is 938. The van der Waals surface area contributed by atoms with Crippen LogP contribution >= 0.6 is 0 Å². The average Bonchev–Trinajstić information content (AvgIpc) is 3.14. The van der Waals surface area contributed by atoms with Crippen molar-refractivity contribution in [3.05, 3.63) is 11.6 Å². The van der Waals surface area contributed by atoms with Crippen LogP contribution in [0.25, 0.3) is 0 Å². The lowest BCUT2D eigenvalue weighted by Gasteiger charge is -2.58. The number of ether oxygens (including phenoxy) is 2. The molecule has 0 amide bonds. The van der Waals surface area contributed by atoms with Crippen molar-refractivity contribution in [2.75, 3.05) is 0 Å². The SMILES string of the molecule is CC(=O)OC1CC2C(=O)C=C3C(CCC4(C)C3CCC4C(C)C(O)CCC(C)C)C2(C)CC1OC(C)=O. The van der Waals surface area contributed by atoms with Gasteiger partial charge in [-0.15, -0.1) is 0 Å². The van der Waals surface area contributed by atoms with Crippen LogP contribution < -0.4 is 0 Å². The van der Waals surface area contributed by atoms with Crippen molar-refractivity contribution in [1.29, 1.82) is 0 Å². The van der Waals surface area contributed by atoms with E-state index in [-0.39, 0.29) is 46.4 Å². The maximum absolute atomic E-state index is 13.6. The summed E-state index contributed by atoms with van der Waals surface area (Å²) < 4.78 is 11.2. The van der Waals surface area contributed by atoms with Crippen molar-refractivity contribution < 1.29 is 29.0 Å². The molecule has 4 rings (SSSR count). The first kappa shape index (κ1) is 28.3. The molecule has 0 bridgehead atoms. The Morgan fingerprint density at radius 3 is 2.19 bits per heavy atom. The zero-order chi connectivity index (χ0) is 27.3. The van der Waals surface area contributed by atoms with E-state index in [1.165, 1.54) is 19.4 Å². The Hall–Kier alpha value is -1.69. The first-order valence-corrected chi connectivity index (χ1v) is 14.6. The number of aliphatic hydroxyl groups is 1. The topological polar surface area (TPSA) is 89.9 Å². The highest BCUT2D eigenvalue weighted by Gasteiger charge is 2.62. The van der Waals surface area contributed by atoms with Crippen LogP contribution in [0.15, 0.2) is 11.6 Å². The molecular weight excluding hydrogens is 468 g/mol. The molecule has 0 aromatic heterocycles. The van der Waals surface area contributed by atoms with Gasteiger partial charge >= 0.3 is 11.9 Å². The van der Waals surface area contributed by atoms with Crippen LogP contribution in [0.1, 0.15) is 99.8 Å². The molecule has 3 saturated carbocycles. The highest BCUT2D eigenvalue weighted by molar-refractivity contribution is 5.94. The third kappa shape index (κ3) is 5.16. The van der Waals surface area contributed by atoms with E-state index in [1.54, 1.807) is 0 Å². The van der Waals surface area contributed by atoms with Crippen molar-refractivity contribution in [2.45, 2.75) is 118 Å². The quantitative estimate of drug-likeness (QED) is 0.440. The fourth-order valence-corrected chi connectivity index (χ4v) is 8.97. The molecule has 10 unspecified atom stereocenters. The van der Waals surface area contributed by atoms with Crippen LogP contribution in [-0.2, 0) is 23.9 Å². The second-order valence-electron chi connectivity index (χ2n) is 13.6. The molecule has 0 aliphatic heterocycles. The van der Waals surface area contributed by atoms with Gasteiger partial charge in [-0.1, -0.05) is 40.2 Å². The number of ketones is 1. The second-order valence-corrected chi connectivity index (χ2v) is 13.6. The van der Waals surface area contributed by atoms with Gasteiger partial charge < -0.3 is 14.6 Å². The lowest BCUT2D eigenvalue weighted by molar-refractivity contribution is -0.183. The fraction of sp³-hybridized carbons (Fsp3) is 0.839. The summed E-state index contributed by atoms with van der Waals surface area (Å²) >= 11 is 0. The van der Waals surface area contributed by atoms with E-state index < -0.39 is 18.2 Å². The van der Waals surface area contributed by atoms with Crippen molar-refractivity contribution in [3.63, 3.8) is 0 Å². The van der Waals surface area contributed by atoms with Crippen LogP contribution in [0.5, 0.6) is 0 Å². The molecular formula is C31H48O6. The van der Waals surface area contributed by atoms with Gasteiger partial charge in [0, 0.05) is 19.8 Å². The summed E-state index contributed by atoms with van der Waals surface area (Å²) in [7, 11) is 0. The molecule has 0 aromatic rings. The first-order valence-electron chi connectivity index (χ1n) is 14.6. The van der Waals surface area contributed by atoms with Gasteiger partial charge in [0.25, 0.3) is 0 Å². The normalized spacial score (nSPS) is 40.7. The van der Waals surface area contributed by atoms with Gasteiger partial charge in [-0.3, -0.25) is 14.4 Å². The van der Waals surface area contributed by atoms with E-state index in [9.17, 15) is 19.5 Å². The number of hydrogen-bond donors (Lipinski definition) is 1. The largest absolute Gasteiger partial charge is 0.459 e. The summed E-state index contributed by atoms with van der Waals surface area (Å²) in [6, 6.07) is 0. The number of hydrogen-bond acceptors (Lipinski definition) is 6. The van der Waals surface area contributed by atoms with Gasteiger partial charge in [-0.25, -0.2) is 0 Å². The Morgan fingerprint density at radius 1 is 0.946 bits per heavy atom. The van der Waals surface area contributed by atoms with E-state index in [2.05, 4.69) is 34.6 Å². The number of aliphatic hydroxyl groups excluding tert-OH is 1. The van der Waals surface area contributed by atoms with Gasteiger partial charge in [0.1, 0.15) is 12.2 Å². The summed E-state index contributed by atoms with van der Waals surface area (Å²) in [5.41, 5.74) is 1.03. The lowest BCUT2D eigenvalue weighted by Crippen LogP contribution is -2.57. The standard InChI is InChI=1S/C31H48O6/c1-17(2)8-11-26(34)18(3)22-9-10-23-21-14-27(35)25-15-28(36-19(4)32)29(37-20(5)33)16-31(25,7)24(21)12-13-30(22,23)6/h14,17-18,22-26,28-29,34H,8-13,15-16H2,1-7H3. The van der Waals surface area contributed by atoms with Gasteiger partial charge in [0.05, 0.1) is 6.10 Å². The van der Waals surface area contributed by atoms with Crippen molar-refractivity contribution >= 4 is 17.7 Å². The molecule has 4 aliphatic carbocycles. The van der Waals surface area contributed by atoms with E-state index in [4.69, 9.17) is 9.47 Å². The molecule has 1 N–H and O–H groups in total. The zero-order valence-corrected chi connectivity index (χ0v) is 23.9. The highest BCUT2D eigenvalue weighted by Crippen LogP contribution is 2.66. The van der Waals surface area contributed by atoms with Gasteiger partial charge in [0.2, 0.25) is 0 Å².